The SMILES string of the molecule is [2H]c1c([2H])c([2H])c(-c2nc(-c3ccc(-c4c([2H])c([2H])c(-c5c([2H])c([2H])c([2H])c([2H])c5[2H])c([2H])c4[2H])cc3)nc(-c3c([2H])c(-c4cc5ccccc5c5ccccc45)c([2H])c4oc5c([2H])c([2H])c([2H])c([2H])c5c34)n2)c([2H])c1[2H]. The van der Waals surface area contributed by atoms with Crippen LogP contribution in [0.15, 0.2) is 204 Å². The summed E-state index contributed by atoms with van der Waals surface area (Å²) in [5.74, 6) is -1.13. The Bertz CT molecular complexity index is 4380. The van der Waals surface area contributed by atoms with Crippen molar-refractivity contribution in [1.29, 1.82) is 0 Å². The number of nitrogens with zero attached hydrogens (tertiary/aromatic N) is 3. The van der Waals surface area contributed by atoms with Crippen molar-refractivity contribution in [3.8, 4) is 67.5 Å². The number of hydrogen-bond donors (Lipinski definition) is 0. The Kier molecular flexibility index (Phi) is 4.35. The van der Waals surface area contributed by atoms with Crippen LogP contribution in [0.3, 0.4) is 0 Å². The third kappa shape index (κ3) is 5.83. The van der Waals surface area contributed by atoms with Gasteiger partial charge in [0.2, 0.25) is 0 Å². The molecule has 11 aromatic rings. The van der Waals surface area contributed by atoms with Gasteiger partial charge in [0, 0.05) is 27.5 Å². The Balaban J connectivity index is 1.20. The Morgan fingerprint density at radius 1 is 0.368 bits per heavy atom. The van der Waals surface area contributed by atoms with Gasteiger partial charge >= 0.3 is 0 Å². The van der Waals surface area contributed by atoms with E-state index in [4.69, 9.17) is 39.1 Å². The van der Waals surface area contributed by atoms with E-state index in [1.54, 1.807) is 12.1 Å². The van der Waals surface area contributed by atoms with Crippen LogP contribution in [0.4, 0.5) is 0 Å². The summed E-state index contributed by atoms with van der Waals surface area (Å²) in [6.45, 7) is 0. The molecular formula is C53H33N3O. The Labute approximate surface area is 357 Å². The second-order valence-corrected chi connectivity index (χ2v) is 12.8. The van der Waals surface area contributed by atoms with Crippen LogP contribution < -0.4 is 0 Å². The summed E-state index contributed by atoms with van der Waals surface area (Å²) < 4.78 is 182. The second kappa shape index (κ2) is 13.6. The molecule has 11 rings (SSSR count). The summed E-state index contributed by atoms with van der Waals surface area (Å²) in [6.07, 6.45) is 0. The summed E-state index contributed by atoms with van der Waals surface area (Å²) in [5, 5.41) is 2.65. The third-order valence-corrected chi connectivity index (χ3v) is 9.50. The first-order chi connectivity index (χ1) is 36.6. The summed E-state index contributed by atoms with van der Waals surface area (Å²) in [5.41, 5.74) is -1.92. The lowest BCUT2D eigenvalue weighted by molar-refractivity contribution is 0.669. The number of aromatic nitrogens is 3. The van der Waals surface area contributed by atoms with Crippen LogP contribution in [0.25, 0.3) is 111 Å². The number of hydrogen-bond acceptors (Lipinski definition) is 4. The average Bonchev–Trinajstić information content (AvgIpc) is 4.12. The van der Waals surface area contributed by atoms with E-state index in [-0.39, 0.29) is 61.6 Å². The molecule has 0 spiro atoms. The first-order valence-corrected chi connectivity index (χ1v) is 17.6. The number of rotatable bonds is 6. The van der Waals surface area contributed by atoms with Crippen LogP contribution in [0.5, 0.6) is 0 Å². The minimum atomic E-state index is -0.726. The fraction of sp³-hybridized carbons (Fsp3) is 0. The maximum absolute atomic E-state index is 10.2. The molecule has 9 aromatic carbocycles. The second-order valence-electron chi connectivity index (χ2n) is 12.8. The highest BCUT2D eigenvalue weighted by Crippen LogP contribution is 2.42. The van der Waals surface area contributed by atoms with E-state index in [2.05, 4.69) is 4.98 Å². The van der Waals surface area contributed by atoms with Crippen molar-refractivity contribution in [2.24, 2.45) is 0 Å². The van der Waals surface area contributed by atoms with Gasteiger partial charge in [-0.2, -0.15) is 0 Å². The zero-order valence-electron chi connectivity index (χ0n) is 49.3. The molecule has 4 nitrogen and oxygen atoms in total. The summed E-state index contributed by atoms with van der Waals surface area (Å²) >= 11 is 0. The molecule has 0 aliphatic heterocycles. The Hall–Kier alpha value is -7.69. The summed E-state index contributed by atoms with van der Waals surface area (Å²) in [6, 6.07) is 9.42. The van der Waals surface area contributed by atoms with Crippen LogP contribution in [0.1, 0.15) is 27.4 Å². The van der Waals surface area contributed by atoms with Crippen molar-refractivity contribution in [1.82, 2.24) is 15.0 Å². The van der Waals surface area contributed by atoms with E-state index in [9.17, 15) is 2.74 Å². The van der Waals surface area contributed by atoms with Crippen molar-refractivity contribution in [3.05, 3.63) is 200 Å². The Morgan fingerprint density at radius 2 is 0.930 bits per heavy atom. The van der Waals surface area contributed by atoms with Crippen molar-refractivity contribution in [3.63, 3.8) is 0 Å². The van der Waals surface area contributed by atoms with Crippen LogP contribution in [0, 0.1) is 0 Å². The molecule has 0 aliphatic carbocycles. The normalized spacial score (nSPS) is 16.4. The molecule has 0 saturated heterocycles. The third-order valence-electron chi connectivity index (χ3n) is 9.50. The van der Waals surface area contributed by atoms with Crippen LogP contribution in [-0.4, -0.2) is 15.0 Å². The molecule has 0 saturated carbocycles. The highest BCUT2D eigenvalue weighted by Gasteiger charge is 2.21. The lowest BCUT2D eigenvalue weighted by atomic mass is 9.91. The molecule has 57 heavy (non-hydrogen) atoms. The smallest absolute Gasteiger partial charge is 0.164 e. The molecule has 4 heteroatoms. The predicted octanol–water partition coefficient (Wildman–Crippen LogP) is 14.1. The standard InChI is InChI=1S/C53H33N3O/c1-3-13-34(14-4-1)35-23-25-36(26-24-35)37-27-29-39(30-28-37)52-54-51(38-15-5-2-6-16-38)55-53(56-52)47-32-41(33-49-50(47)45-21-11-12-22-48(45)57-49)46-31-40-17-7-8-18-42(40)43-19-9-10-20-44(43)46/h1-33H/i1D,2D,3D,4D,5D,6D,11D,12D,13D,14D,15D,16D,21D,22D,23D,24D,25D,26D,32D,33D. The van der Waals surface area contributed by atoms with Gasteiger partial charge in [-0.1, -0.05) is 176 Å². The zero-order valence-corrected chi connectivity index (χ0v) is 29.3. The molecular weight excluding hydrogens is 695 g/mol. The Morgan fingerprint density at radius 3 is 1.68 bits per heavy atom. The molecule has 266 valence electrons. The zero-order chi connectivity index (χ0) is 55.1. The largest absolute Gasteiger partial charge is 0.456 e. The molecule has 0 bridgehead atoms. The van der Waals surface area contributed by atoms with Gasteiger partial charge in [-0.15, -0.1) is 0 Å². The van der Waals surface area contributed by atoms with Crippen molar-refractivity contribution in [2.75, 3.05) is 0 Å². The summed E-state index contributed by atoms with van der Waals surface area (Å²) in [4.78, 5) is 14.2. The van der Waals surface area contributed by atoms with Crippen LogP contribution in [-0.2, 0) is 0 Å². The fourth-order valence-corrected chi connectivity index (χ4v) is 6.88. The molecule has 0 radical (unpaired) electrons. The lowest BCUT2D eigenvalue weighted by Crippen LogP contribution is -2.00. The van der Waals surface area contributed by atoms with Crippen molar-refractivity contribution >= 4 is 43.5 Å². The van der Waals surface area contributed by atoms with Gasteiger partial charge in [0.1, 0.15) is 11.2 Å². The van der Waals surface area contributed by atoms with Gasteiger partial charge in [0.15, 0.2) is 17.5 Å². The highest BCUT2D eigenvalue weighted by molar-refractivity contribution is 6.17. The van der Waals surface area contributed by atoms with E-state index in [1.165, 1.54) is 24.3 Å². The molecule has 0 N–H and O–H groups in total. The van der Waals surface area contributed by atoms with Gasteiger partial charge in [0.05, 0.1) is 27.4 Å². The molecule has 0 amide bonds. The van der Waals surface area contributed by atoms with Crippen LogP contribution in [0.2, 0.25) is 0 Å². The quantitative estimate of drug-likeness (QED) is 0.159. The molecule has 2 heterocycles. The molecule has 2 aromatic heterocycles. The minimum absolute atomic E-state index is 0.0167. The summed E-state index contributed by atoms with van der Waals surface area (Å²) in [7, 11) is 0. The molecule has 0 unspecified atom stereocenters. The lowest BCUT2D eigenvalue weighted by Gasteiger charge is -2.14. The fourth-order valence-electron chi connectivity index (χ4n) is 6.88. The first kappa shape index (κ1) is 18.3. The van der Waals surface area contributed by atoms with Gasteiger partial charge in [-0.05, 0) is 79.1 Å². The van der Waals surface area contributed by atoms with Gasteiger partial charge < -0.3 is 4.42 Å². The van der Waals surface area contributed by atoms with Gasteiger partial charge in [0.25, 0.3) is 0 Å². The molecule has 0 fully saturated rings. The maximum atomic E-state index is 10.2. The van der Waals surface area contributed by atoms with E-state index in [0.717, 1.165) is 16.2 Å². The van der Waals surface area contributed by atoms with Crippen molar-refractivity contribution < 1.29 is 31.8 Å². The number of para-hydroxylation sites is 1. The van der Waals surface area contributed by atoms with Crippen molar-refractivity contribution in [2.45, 2.75) is 0 Å². The number of benzene rings is 9. The van der Waals surface area contributed by atoms with E-state index in [1.807, 2.05) is 42.5 Å². The minimum Gasteiger partial charge on any atom is -0.456 e. The highest BCUT2D eigenvalue weighted by atomic mass is 16.3. The van der Waals surface area contributed by atoms with E-state index < -0.39 is 143 Å². The number of fused-ring (bicyclic) bond motifs is 6. The van der Waals surface area contributed by atoms with Gasteiger partial charge in [-0.3, -0.25) is 0 Å². The van der Waals surface area contributed by atoms with Crippen LogP contribution >= 0.6 is 0 Å². The average molecular weight is 748 g/mol. The predicted molar refractivity (Wildman–Crippen MR) is 235 cm³/mol. The van der Waals surface area contributed by atoms with Gasteiger partial charge in [-0.25, -0.2) is 15.0 Å². The molecule has 0 atom stereocenters. The van der Waals surface area contributed by atoms with E-state index >= 15 is 0 Å². The van der Waals surface area contributed by atoms with E-state index in [0.29, 0.717) is 10.9 Å². The number of furan rings is 1. The maximum Gasteiger partial charge on any atom is 0.164 e. The monoisotopic (exact) mass is 747 g/mol. The first-order valence-electron chi connectivity index (χ1n) is 27.6. The molecule has 0 aliphatic rings. The topological polar surface area (TPSA) is 51.8 Å².